The van der Waals surface area contributed by atoms with E-state index in [0.29, 0.717) is 11.1 Å². The molecule has 0 bridgehead atoms. The van der Waals surface area contributed by atoms with Crippen LogP contribution in [0.4, 0.5) is 0 Å². The van der Waals surface area contributed by atoms with Crippen molar-refractivity contribution < 1.29 is 21.0 Å². The number of sulfone groups is 1. The van der Waals surface area contributed by atoms with Gasteiger partial charge in [-0.05, 0) is 61.0 Å². The molecule has 0 unspecified atom stereocenters. The Hall–Kier alpha value is -3.88. The third-order valence-corrected chi connectivity index (χ3v) is 8.76. The fourth-order valence-electron chi connectivity index (χ4n) is 3.87. The Bertz CT molecular complexity index is 1720. The lowest BCUT2D eigenvalue weighted by atomic mass is 10.1. The molecule has 0 radical (unpaired) electrons. The summed E-state index contributed by atoms with van der Waals surface area (Å²) in [6, 6.07) is 26.4. The van der Waals surface area contributed by atoms with Gasteiger partial charge in [-0.1, -0.05) is 54.1 Å². The van der Waals surface area contributed by atoms with Crippen molar-refractivity contribution in [1.82, 2.24) is 4.40 Å². The maximum atomic E-state index is 13.8. The molecule has 3 aromatic carbocycles. The van der Waals surface area contributed by atoms with E-state index in [9.17, 15) is 16.8 Å². The molecule has 6 nitrogen and oxygen atoms in total. The lowest BCUT2D eigenvalue weighted by Crippen LogP contribution is -2.10. The zero-order valence-electron chi connectivity index (χ0n) is 18.7. The van der Waals surface area contributed by atoms with Crippen LogP contribution in [0.25, 0.3) is 16.6 Å². The van der Waals surface area contributed by atoms with Crippen molar-refractivity contribution in [1.29, 1.82) is 0 Å². The number of benzene rings is 3. The van der Waals surface area contributed by atoms with Crippen molar-refractivity contribution in [3.63, 3.8) is 0 Å². The normalized spacial score (nSPS) is 12.0. The van der Waals surface area contributed by atoms with Gasteiger partial charge in [-0.2, -0.15) is 8.42 Å². The summed E-state index contributed by atoms with van der Waals surface area (Å²) in [6.07, 6.45) is 3.59. The van der Waals surface area contributed by atoms with Crippen LogP contribution >= 0.6 is 0 Å². The molecule has 0 spiro atoms. The van der Waals surface area contributed by atoms with E-state index in [1.807, 2.05) is 43.3 Å². The molecule has 0 aliphatic carbocycles. The van der Waals surface area contributed by atoms with Crippen LogP contribution in [0.5, 0.6) is 5.75 Å². The van der Waals surface area contributed by atoms with Crippen LogP contribution in [0.2, 0.25) is 0 Å². The second-order valence-corrected chi connectivity index (χ2v) is 11.5. The van der Waals surface area contributed by atoms with E-state index >= 15 is 0 Å². The van der Waals surface area contributed by atoms with Gasteiger partial charge in [0.2, 0.25) is 9.84 Å². The largest absolute Gasteiger partial charge is 0.379 e. The standard InChI is InChI=1S/C27H21NO5S2/c1-20-10-14-24(15-11-20)35(31,32)33-22-12-16-23(17-13-22)34(29,30)27-25(21-7-3-2-4-8-21)19-28-18-6-5-9-26(27)28/h2-19H,1H3. The van der Waals surface area contributed by atoms with Crippen molar-refractivity contribution in [3.8, 4) is 16.9 Å². The van der Waals surface area contributed by atoms with Crippen LogP contribution in [0, 0.1) is 6.92 Å². The molecule has 0 amide bonds. The summed E-state index contributed by atoms with van der Waals surface area (Å²) in [4.78, 5) is 0.240. The Balaban J connectivity index is 1.53. The van der Waals surface area contributed by atoms with Gasteiger partial charge in [-0.15, -0.1) is 0 Å². The zero-order chi connectivity index (χ0) is 24.6. The van der Waals surface area contributed by atoms with Crippen LogP contribution < -0.4 is 4.18 Å². The highest BCUT2D eigenvalue weighted by atomic mass is 32.2. The molecule has 0 atom stereocenters. The molecule has 0 saturated heterocycles. The number of fused-ring (bicyclic) bond motifs is 1. The summed E-state index contributed by atoms with van der Waals surface area (Å²) in [5.41, 5.74) is 2.83. The van der Waals surface area contributed by atoms with E-state index in [0.717, 1.165) is 11.1 Å². The number of aryl methyl sites for hydroxylation is 1. The van der Waals surface area contributed by atoms with E-state index in [4.69, 9.17) is 4.18 Å². The molecule has 8 heteroatoms. The van der Waals surface area contributed by atoms with Gasteiger partial charge >= 0.3 is 10.1 Å². The lowest BCUT2D eigenvalue weighted by Gasteiger charge is -2.10. The smallest absolute Gasteiger partial charge is 0.339 e. The number of nitrogens with zero attached hydrogens (tertiary/aromatic N) is 1. The van der Waals surface area contributed by atoms with Gasteiger partial charge in [0.25, 0.3) is 0 Å². The van der Waals surface area contributed by atoms with E-state index in [-0.39, 0.29) is 20.4 Å². The van der Waals surface area contributed by atoms with E-state index in [1.54, 1.807) is 41.1 Å². The van der Waals surface area contributed by atoms with Gasteiger partial charge in [0.1, 0.15) is 15.5 Å². The van der Waals surface area contributed by atoms with Crippen LogP contribution in [-0.4, -0.2) is 21.2 Å². The summed E-state index contributed by atoms with van der Waals surface area (Å²) in [5.74, 6) is 0.0227. The number of hydrogen-bond acceptors (Lipinski definition) is 5. The highest BCUT2D eigenvalue weighted by molar-refractivity contribution is 7.91. The first kappa shape index (κ1) is 22.9. The molecule has 5 aromatic rings. The lowest BCUT2D eigenvalue weighted by molar-refractivity contribution is 0.486. The predicted octanol–water partition coefficient (Wildman–Crippen LogP) is 5.52. The van der Waals surface area contributed by atoms with Crippen molar-refractivity contribution in [2.75, 3.05) is 0 Å². The van der Waals surface area contributed by atoms with Gasteiger partial charge in [-0.25, -0.2) is 8.42 Å². The molecule has 0 aliphatic heterocycles. The first-order chi connectivity index (χ1) is 16.8. The minimum Gasteiger partial charge on any atom is -0.379 e. The minimum atomic E-state index is -4.05. The Labute approximate surface area is 204 Å². The highest BCUT2D eigenvalue weighted by Gasteiger charge is 2.27. The molecular formula is C27H21NO5S2. The molecule has 2 aromatic heterocycles. The summed E-state index contributed by atoms with van der Waals surface area (Å²) in [6.45, 7) is 1.86. The van der Waals surface area contributed by atoms with Gasteiger partial charge in [0.05, 0.1) is 10.4 Å². The first-order valence-electron chi connectivity index (χ1n) is 10.8. The van der Waals surface area contributed by atoms with Crippen LogP contribution in [0.3, 0.4) is 0 Å². The van der Waals surface area contributed by atoms with Crippen molar-refractivity contribution >= 4 is 25.5 Å². The summed E-state index contributed by atoms with van der Waals surface area (Å²) >= 11 is 0. The Morgan fingerprint density at radius 2 is 1.31 bits per heavy atom. The average Bonchev–Trinajstić information content (AvgIpc) is 3.26. The monoisotopic (exact) mass is 503 g/mol. The van der Waals surface area contributed by atoms with Crippen molar-refractivity contribution in [2.24, 2.45) is 0 Å². The summed E-state index contributed by atoms with van der Waals surface area (Å²) in [7, 11) is -7.99. The fraction of sp³-hybridized carbons (Fsp3) is 0.0370. The molecule has 35 heavy (non-hydrogen) atoms. The molecule has 0 aliphatic rings. The second kappa shape index (κ2) is 8.72. The highest BCUT2D eigenvalue weighted by Crippen LogP contribution is 2.36. The Morgan fingerprint density at radius 1 is 0.686 bits per heavy atom. The van der Waals surface area contributed by atoms with E-state index in [1.165, 1.54) is 36.4 Å². The van der Waals surface area contributed by atoms with Crippen molar-refractivity contribution in [2.45, 2.75) is 21.6 Å². The SMILES string of the molecule is Cc1ccc(S(=O)(=O)Oc2ccc(S(=O)(=O)c3c(-c4ccccc4)cn4ccccc34)cc2)cc1. The maximum absolute atomic E-state index is 13.8. The fourth-order valence-corrected chi connectivity index (χ4v) is 6.44. The molecule has 0 saturated carbocycles. The number of hydrogen-bond donors (Lipinski definition) is 0. The van der Waals surface area contributed by atoms with E-state index in [2.05, 4.69) is 0 Å². The predicted molar refractivity (Wildman–Crippen MR) is 134 cm³/mol. The first-order valence-corrected chi connectivity index (χ1v) is 13.7. The third-order valence-electron chi connectivity index (χ3n) is 5.64. The molecule has 2 heterocycles. The maximum Gasteiger partial charge on any atom is 0.339 e. The zero-order valence-corrected chi connectivity index (χ0v) is 20.3. The van der Waals surface area contributed by atoms with Gasteiger partial charge in [-0.3, -0.25) is 0 Å². The number of aromatic nitrogens is 1. The van der Waals surface area contributed by atoms with Gasteiger partial charge in [0.15, 0.2) is 0 Å². The van der Waals surface area contributed by atoms with Gasteiger partial charge in [0, 0.05) is 18.0 Å². The second-order valence-electron chi connectivity index (χ2n) is 8.06. The number of rotatable bonds is 6. The Morgan fingerprint density at radius 3 is 2.00 bits per heavy atom. The molecule has 176 valence electrons. The topological polar surface area (TPSA) is 81.9 Å². The van der Waals surface area contributed by atoms with Crippen LogP contribution in [0.1, 0.15) is 5.56 Å². The molecular weight excluding hydrogens is 482 g/mol. The molecule has 5 rings (SSSR count). The number of pyridine rings is 1. The minimum absolute atomic E-state index is 0.0209. The Kier molecular flexibility index (Phi) is 5.70. The average molecular weight is 504 g/mol. The quantitative estimate of drug-likeness (QED) is 0.285. The van der Waals surface area contributed by atoms with Gasteiger partial charge < -0.3 is 8.58 Å². The van der Waals surface area contributed by atoms with Crippen LogP contribution in [-0.2, 0) is 20.0 Å². The molecule has 0 N–H and O–H groups in total. The van der Waals surface area contributed by atoms with Crippen molar-refractivity contribution in [3.05, 3.63) is 115 Å². The summed E-state index contributed by atoms with van der Waals surface area (Å²) in [5, 5.41) is 0. The molecule has 0 fully saturated rings. The van der Waals surface area contributed by atoms with E-state index < -0.39 is 20.0 Å². The van der Waals surface area contributed by atoms with Crippen LogP contribution in [0.15, 0.2) is 124 Å². The third kappa shape index (κ3) is 4.34. The summed E-state index contributed by atoms with van der Waals surface area (Å²) < 4.78 is 59.7.